The van der Waals surface area contributed by atoms with Crippen molar-refractivity contribution in [3.63, 3.8) is 0 Å². The first-order chi connectivity index (χ1) is 9.49. The quantitative estimate of drug-likeness (QED) is 0.634. The summed E-state index contributed by atoms with van der Waals surface area (Å²) in [6.07, 6.45) is 0. The zero-order valence-electron chi connectivity index (χ0n) is 11.9. The van der Waals surface area contributed by atoms with Gasteiger partial charge in [0.25, 0.3) is 0 Å². The molecule has 0 unspecified atom stereocenters. The highest BCUT2D eigenvalue weighted by Crippen LogP contribution is 2.36. The molecule has 2 rings (SSSR count). The SMILES string of the molecule is COc1cc(OC)c2ccc(=O)oc2c1C(=O)C(C)C. The fourth-order valence-electron chi connectivity index (χ4n) is 2.03. The van der Waals surface area contributed by atoms with Crippen molar-refractivity contribution in [2.45, 2.75) is 13.8 Å². The number of fused-ring (bicyclic) bond motifs is 1. The summed E-state index contributed by atoms with van der Waals surface area (Å²) >= 11 is 0. The largest absolute Gasteiger partial charge is 0.496 e. The Balaban J connectivity index is 2.92. The van der Waals surface area contributed by atoms with Gasteiger partial charge < -0.3 is 13.9 Å². The van der Waals surface area contributed by atoms with E-state index >= 15 is 0 Å². The van der Waals surface area contributed by atoms with Gasteiger partial charge in [0, 0.05) is 18.1 Å². The Morgan fingerprint density at radius 2 is 1.80 bits per heavy atom. The standard InChI is InChI=1S/C15H16O5/c1-8(2)14(17)13-11(19-4)7-10(18-3)9-5-6-12(16)20-15(9)13/h5-8H,1-4H3. The fraction of sp³-hybridized carbons (Fsp3) is 0.333. The third kappa shape index (κ3) is 2.27. The summed E-state index contributed by atoms with van der Waals surface area (Å²) in [4.78, 5) is 23.8. The van der Waals surface area contributed by atoms with Gasteiger partial charge in [0.15, 0.2) is 11.4 Å². The smallest absolute Gasteiger partial charge is 0.336 e. The predicted molar refractivity (Wildman–Crippen MR) is 74.8 cm³/mol. The highest BCUT2D eigenvalue weighted by Gasteiger charge is 2.23. The number of hydrogen-bond acceptors (Lipinski definition) is 5. The van der Waals surface area contributed by atoms with E-state index in [1.165, 1.54) is 20.3 Å². The van der Waals surface area contributed by atoms with E-state index in [-0.39, 0.29) is 22.8 Å². The molecule has 20 heavy (non-hydrogen) atoms. The Labute approximate surface area is 116 Å². The Morgan fingerprint density at radius 1 is 1.15 bits per heavy atom. The predicted octanol–water partition coefficient (Wildman–Crippen LogP) is 2.65. The van der Waals surface area contributed by atoms with Crippen LogP contribution in [0.25, 0.3) is 11.0 Å². The van der Waals surface area contributed by atoms with E-state index in [0.29, 0.717) is 16.9 Å². The van der Waals surface area contributed by atoms with Gasteiger partial charge in [-0.25, -0.2) is 4.79 Å². The van der Waals surface area contributed by atoms with E-state index in [1.54, 1.807) is 26.0 Å². The molecule has 5 nitrogen and oxygen atoms in total. The molecule has 0 aliphatic carbocycles. The van der Waals surface area contributed by atoms with Crippen LogP contribution in [-0.2, 0) is 0 Å². The Morgan fingerprint density at radius 3 is 2.35 bits per heavy atom. The van der Waals surface area contributed by atoms with E-state index in [9.17, 15) is 9.59 Å². The van der Waals surface area contributed by atoms with E-state index in [0.717, 1.165) is 0 Å². The van der Waals surface area contributed by atoms with Gasteiger partial charge in [-0.3, -0.25) is 4.79 Å². The van der Waals surface area contributed by atoms with Gasteiger partial charge in [-0.2, -0.15) is 0 Å². The Hall–Kier alpha value is -2.30. The second-order valence-corrected chi connectivity index (χ2v) is 4.67. The molecule has 1 aromatic carbocycles. The number of benzene rings is 1. The van der Waals surface area contributed by atoms with Gasteiger partial charge in [-0.05, 0) is 6.07 Å². The lowest BCUT2D eigenvalue weighted by Crippen LogP contribution is -2.11. The molecule has 0 fully saturated rings. The molecule has 0 saturated heterocycles. The summed E-state index contributed by atoms with van der Waals surface area (Å²) in [5.41, 5.74) is -0.0472. The van der Waals surface area contributed by atoms with Crippen LogP contribution in [0.1, 0.15) is 24.2 Å². The van der Waals surface area contributed by atoms with Gasteiger partial charge >= 0.3 is 5.63 Å². The summed E-state index contributed by atoms with van der Waals surface area (Å²) in [5.74, 6) is 0.429. The highest BCUT2D eigenvalue weighted by atomic mass is 16.5. The Bertz CT molecular complexity index is 712. The van der Waals surface area contributed by atoms with Crippen molar-refractivity contribution in [1.29, 1.82) is 0 Å². The maximum absolute atomic E-state index is 12.4. The van der Waals surface area contributed by atoms with Crippen LogP contribution in [-0.4, -0.2) is 20.0 Å². The molecule has 0 radical (unpaired) electrons. The molecule has 1 heterocycles. The van der Waals surface area contributed by atoms with Gasteiger partial charge in [-0.15, -0.1) is 0 Å². The first kappa shape index (κ1) is 14.1. The topological polar surface area (TPSA) is 65.7 Å². The van der Waals surface area contributed by atoms with E-state index in [4.69, 9.17) is 13.9 Å². The van der Waals surface area contributed by atoms with Gasteiger partial charge in [-0.1, -0.05) is 13.8 Å². The average molecular weight is 276 g/mol. The van der Waals surface area contributed by atoms with Gasteiger partial charge in [0.05, 0.1) is 19.6 Å². The van der Waals surface area contributed by atoms with Crippen molar-refractivity contribution in [2.75, 3.05) is 14.2 Å². The lowest BCUT2D eigenvalue weighted by molar-refractivity contribution is 0.0937. The molecule has 0 N–H and O–H groups in total. The van der Waals surface area contributed by atoms with E-state index < -0.39 is 5.63 Å². The molecule has 0 spiro atoms. The maximum atomic E-state index is 12.4. The van der Waals surface area contributed by atoms with Crippen LogP contribution in [0.2, 0.25) is 0 Å². The number of hydrogen-bond donors (Lipinski definition) is 0. The summed E-state index contributed by atoms with van der Waals surface area (Å²) in [6.45, 7) is 3.55. The minimum atomic E-state index is -0.523. The highest BCUT2D eigenvalue weighted by molar-refractivity contribution is 6.10. The number of ketones is 1. The number of ether oxygens (including phenoxy) is 2. The average Bonchev–Trinajstić information content (AvgIpc) is 2.44. The fourth-order valence-corrected chi connectivity index (χ4v) is 2.03. The Kier molecular flexibility index (Phi) is 3.79. The summed E-state index contributed by atoms with van der Waals surface area (Å²) in [5, 5.41) is 0.567. The first-order valence-corrected chi connectivity index (χ1v) is 6.22. The van der Waals surface area contributed by atoms with Gasteiger partial charge in [0.2, 0.25) is 0 Å². The number of carbonyl (C=O) groups is 1. The van der Waals surface area contributed by atoms with Crippen LogP contribution in [0.15, 0.2) is 27.4 Å². The third-order valence-corrected chi connectivity index (χ3v) is 3.05. The van der Waals surface area contributed by atoms with Crippen LogP contribution in [0.5, 0.6) is 11.5 Å². The molecule has 0 amide bonds. The lowest BCUT2D eigenvalue weighted by Gasteiger charge is -2.14. The van der Waals surface area contributed by atoms with Crippen molar-refractivity contribution in [3.8, 4) is 11.5 Å². The van der Waals surface area contributed by atoms with Crippen molar-refractivity contribution < 1.29 is 18.7 Å². The van der Waals surface area contributed by atoms with Crippen molar-refractivity contribution >= 4 is 16.8 Å². The van der Waals surface area contributed by atoms with Crippen molar-refractivity contribution in [1.82, 2.24) is 0 Å². The minimum absolute atomic E-state index is 0.149. The van der Waals surface area contributed by atoms with E-state index in [1.807, 2.05) is 0 Å². The van der Waals surface area contributed by atoms with E-state index in [2.05, 4.69) is 0 Å². The van der Waals surface area contributed by atoms with Crippen LogP contribution in [0, 0.1) is 5.92 Å². The third-order valence-electron chi connectivity index (χ3n) is 3.05. The summed E-state index contributed by atoms with van der Waals surface area (Å²) in [6, 6.07) is 4.50. The molecule has 0 aliphatic heterocycles. The monoisotopic (exact) mass is 276 g/mol. The number of rotatable bonds is 4. The molecule has 0 atom stereocenters. The van der Waals surface area contributed by atoms with Crippen LogP contribution >= 0.6 is 0 Å². The first-order valence-electron chi connectivity index (χ1n) is 6.22. The zero-order valence-corrected chi connectivity index (χ0v) is 11.9. The van der Waals surface area contributed by atoms with Crippen molar-refractivity contribution in [3.05, 3.63) is 34.2 Å². The molecule has 1 aromatic heterocycles. The minimum Gasteiger partial charge on any atom is -0.496 e. The van der Waals surface area contributed by atoms with Gasteiger partial charge in [0.1, 0.15) is 17.1 Å². The van der Waals surface area contributed by atoms with Crippen LogP contribution in [0.3, 0.4) is 0 Å². The number of carbonyl (C=O) groups excluding carboxylic acids is 1. The lowest BCUT2D eigenvalue weighted by atomic mass is 9.97. The van der Waals surface area contributed by atoms with Crippen LogP contribution in [0.4, 0.5) is 0 Å². The molecular formula is C15H16O5. The van der Waals surface area contributed by atoms with Crippen LogP contribution < -0.4 is 15.1 Å². The molecule has 106 valence electrons. The molecule has 0 saturated carbocycles. The molecule has 0 bridgehead atoms. The summed E-state index contributed by atoms with van der Waals surface area (Å²) in [7, 11) is 2.96. The van der Waals surface area contributed by atoms with Crippen molar-refractivity contribution in [2.24, 2.45) is 5.92 Å². The molecule has 2 aromatic rings. The number of Topliss-reactive ketones (excluding diaryl/α,β-unsaturated/α-hetero) is 1. The molecular weight excluding hydrogens is 260 g/mol. The normalized spacial score (nSPS) is 10.8. The maximum Gasteiger partial charge on any atom is 0.336 e. The second-order valence-electron chi connectivity index (χ2n) is 4.67. The summed E-state index contributed by atoms with van der Waals surface area (Å²) < 4.78 is 15.7. The molecule has 0 aliphatic rings. The molecule has 5 heteroatoms. The second kappa shape index (κ2) is 5.36. The number of methoxy groups -OCH3 is 2. The zero-order chi connectivity index (χ0) is 14.9.